The standard InChI is InChI=1S/C23H32FN3OS/c1-16(2)13-21(25-3)23(28)27(20-11-9-18(24)10-12-20)14-19-15-29-22(26-19)17-7-5-4-6-8-17/h9-12,15-17,21,25H,4-8,13-14H2,1-3H3. The van der Waals surface area contributed by atoms with Crippen LogP contribution in [0.25, 0.3) is 0 Å². The van der Waals surface area contributed by atoms with Crippen LogP contribution < -0.4 is 10.2 Å². The van der Waals surface area contributed by atoms with Crippen LogP contribution >= 0.6 is 11.3 Å². The van der Waals surface area contributed by atoms with Crippen LogP contribution in [0, 0.1) is 11.7 Å². The lowest BCUT2D eigenvalue weighted by Crippen LogP contribution is -2.46. The Kier molecular flexibility index (Phi) is 7.78. The van der Waals surface area contributed by atoms with Crippen LogP contribution in [0.4, 0.5) is 10.1 Å². The molecule has 6 heteroatoms. The van der Waals surface area contributed by atoms with E-state index in [1.807, 2.05) is 7.05 Å². The van der Waals surface area contributed by atoms with Crippen LogP contribution in [0.5, 0.6) is 0 Å². The van der Waals surface area contributed by atoms with E-state index in [0.29, 0.717) is 24.1 Å². The number of carbonyl (C=O) groups excluding carboxylic acids is 1. The van der Waals surface area contributed by atoms with Crippen LogP contribution in [0.15, 0.2) is 29.6 Å². The highest BCUT2D eigenvalue weighted by molar-refractivity contribution is 7.09. The van der Waals surface area contributed by atoms with Crippen molar-refractivity contribution in [2.75, 3.05) is 11.9 Å². The highest BCUT2D eigenvalue weighted by Gasteiger charge is 2.26. The number of thiazole rings is 1. The molecule has 1 atom stereocenters. The Bertz CT molecular complexity index is 784. The second kappa shape index (κ2) is 10.3. The van der Waals surface area contributed by atoms with Crippen molar-refractivity contribution in [3.63, 3.8) is 0 Å². The van der Waals surface area contributed by atoms with E-state index in [9.17, 15) is 9.18 Å². The summed E-state index contributed by atoms with van der Waals surface area (Å²) in [6, 6.07) is 5.87. The number of rotatable bonds is 8. The number of carbonyl (C=O) groups is 1. The average molecular weight is 418 g/mol. The number of hydrogen-bond donors (Lipinski definition) is 1. The average Bonchev–Trinajstić information content (AvgIpc) is 3.20. The number of nitrogens with zero attached hydrogens (tertiary/aromatic N) is 2. The van der Waals surface area contributed by atoms with Crippen LogP contribution in [0.3, 0.4) is 0 Å². The first-order valence-corrected chi connectivity index (χ1v) is 11.5. The number of benzene rings is 1. The lowest BCUT2D eigenvalue weighted by Gasteiger charge is -2.28. The number of amides is 1. The topological polar surface area (TPSA) is 45.2 Å². The van der Waals surface area contributed by atoms with E-state index in [2.05, 4.69) is 24.5 Å². The summed E-state index contributed by atoms with van der Waals surface area (Å²) in [4.78, 5) is 20.0. The highest BCUT2D eigenvalue weighted by atomic mass is 32.1. The van der Waals surface area contributed by atoms with Gasteiger partial charge in [0.2, 0.25) is 5.91 Å². The predicted molar refractivity (Wildman–Crippen MR) is 118 cm³/mol. The normalized spacial score (nSPS) is 16.2. The van der Waals surface area contributed by atoms with E-state index in [1.165, 1.54) is 49.2 Å². The van der Waals surface area contributed by atoms with Crippen molar-refractivity contribution in [2.45, 2.75) is 70.9 Å². The molecule has 0 saturated heterocycles. The fourth-order valence-corrected chi connectivity index (χ4v) is 5.00. The molecule has 0 spiro atoms. The minimum atomic E-state index is -0.304. The third-order valence-electron chi connectivity index (χ3n) is 5.60. The molecule has 1 N–H and O–H groups in total. The van der Waals surface area contributed by atoms with Crippen molar-refractivity contribution in [1.82, 2.24) is 10.3 Å². The lowest BCUT2D eigenvalue weighted by molar-refractivity contribution is -0.121. The van der Waals surface area contributed by atoms with Crippen molar-refractivity contribution < 1.29 is 9.18 Å². The Labute approximate surface area is 177 Å². The lowest BCUT2D eigenvalue weighted by atomic mass is 9.90. The van der Waals surface area contributed by atoms with Crippen molar-refractivity contribution in [3.05, 3.63) is 46.2 Å². The maximum atomic E-state index is 13.5. The first-order valence-electron chi connectivity index (χ1n) is 10.7. The number of aromatic nitrogens is 1. The van der Waals surface area contributed by atoms with Gasteiger partial charge in [-0.2, -0.15) is 0 Å². The summed E-state index contributed by atoms with van der Waals surface area (Å²) in [5, 5.41) is 6.42. The van der Waals surface area contributed by atoms with Gasteiger partial charge in [-0.15, -0.1) is 11.3 Å². The number of anilines is 1. The molecule has 2 aromatic rings. The van der Waals surface area contributed by atoms with Crippen LogP contribution in [0.1, 0.15) is 69.0 Å². The van der Waals surface area contributed by atoms with Gasteiger partial charge in [-0.1, -0.05) is 33.1 Å². The maximum absolute atomic E-state index is 13.5. The molecule has 1 aromatic carbocycles. The molecule has 1 fully saturated rings. The third kappa shape index (κ3) is 5.86. The summed E-state index contributed by atoms with van der Waals surface area (Å²) >= 11 is 1.71. The molecule has 1 unspecified atom stereocenters. The summed E-state index contributed by atoms with van der Waals surface area (Å²) in [7, 11) is 1.82. The number of halogens is 1. The second-order valence-corrected chi connectivity index (χ2v) is 9.27. The summed E-state index contributed by atoms with van der Waals surface area (Å²) in [6.07, 6.45) is 7.05. The Hall–Kier alpha value is -1.79. The number of likely N-dealkylation sites (N-methyl/N-ethyl adjacent to an activating group) is 1. The van der Waals surface area contributed by atoms with Crippen LogP contribution in [-0.4, -0.2) is 24.0 Å². The van der Waals surface area contributed by atoms with E-state index in [4.69, 9.17) is 4.98 Å². The van der Waals surface area contributed by atoms with Crippen molar-refractivity contribution in [1.29, 1.82) is 0 Å². The number of hydrogen-bond acceptors (Lipinski definition) is 4. The Morgan fingerprint density at radius 1 is 1.24 bits per heavy atom. The molecule has 1 aliphatic rings. The Morgan fingerprint density at radius 2 is 1.93 bits per heavy atom. The zero-order valence-electron chi connectivity index (χ0n) is 17.7. The Morgan fingerprint density at radius 3 is 2.55 bits per heavy atom. The van der Waals surface area contributed by atoms with Gasteiger partial charge in [0.25, 0.3) is 0 Å². The Balaban J connectivity index is 1.82. The fraction of sp³-hybridized carbons (Fsp3) is 0.565. The van der Waals surface area contributed by atoms with Gasteiger partial charge in [0.05, 0.1) is 23.3 Å². The monoisotopic (exact) mass is 417 g/mol. The van der Waals surface area contributed by atoms with Gasteiger partial charge in [-0.3, -0.25) is 4.79 Å². The van der Waals surface area contributed by atoms with Gasteiger partial charge in [0, 0.05) is 17.0 Å². The van der Waals surface area contributed by atoms with E-state index < -0.39 is 0 Å². The molecule has 29 heavy (non-hydrogen) atoms. The van der Waals surface area contributed by atoms with Gasteiger partial charge in [0.1, 0.15) is 5.82 Å². The molecule has 0 aliphatic heterocycles. The maximum Gasteiger partial charge on any atom is 0.244 e. The molecule has 3 rings (SSSR count). The minimum Gasteiger partial charge on any atom is -0.309 e. The van der Waals surface area contributed by atoms with Gasteiger partial charge < -0.3 is 10.2 Å². The second-order valence-electron chi connectivity index (χ2n) is 8.38. The molecule has 0 radical (unpaired) electrons. The first-order chi connectivity index (χ1) is 14.0. The largest absolute Gasteiger partial charge is 0.309 e. The number of nitrogens with one attached hydrogen (secondary N) is 1. The molecule has 0 bridgehead atoms. The zero-order valence-corrected chi connectivity index (χ0v) is 18.5. The van der Waals surface area contributed by atoms with Crippen LogP contribution in [0.2, 0.25) is 0 Å². The summed E-state index contributed by atoms with van der Waals surface area (Å²) in [5.74, 6) is 0.647. The molecule has 1 heterocycles. The van der Waals surface area contributed by atoms with Gasteiger partial charge in [-0.05, 0) is 56.5 Å². The molecule has 1 saturated carbocycles. The SMILES string of the molecule is CNC(CC(C)C)C(=O)N(Cc1csc(C2CCCCC2)n1)c1ccc(F)cc1. The summed E-state index contributed by atoms with van der Waals surface area (Å²) < 4.78 is 13.5. The molecule has 1 aromatic heterocycles. The minimum absolute atomic E-state index is 0.0000227. The van der Waals surface area contributed by atoms with Crippen molar-refractivity contribution in [3.8, 4) is 0 Å². The van der Waals surface area contributed by atoms with Gasteiger partial charge in [0.15, 0.2) is 0 Å². The van der Waals surface area contributed by atoms with Crippen LogP contribution in [-0.2, 0) is 11.3 Å². The van der Waals surface area contributed by atoms with E-state index in [-0.39, 0.29) is 17.8 Å². The molecule has 4 nitrogen and oxygen atoms in total. The predicted octanol–water partition coefficient (Wildman–Crippen LogP) is 5.50. The quantitative estimate of drug-likeness (QED) is 0.617. The first kappa shape index (κ1) is 21.9. The molecular weight excluding hydrogens is 385 g/mol. The summed E-state index contributed by atoms with van der Waals surface area (Å²) in [6.45, 7) is 4.62. The van der Waals surface area contributed by atoms with E-state index in [1.54, 1.807) is 28.4 Å². The van der Waals surface area contributed by atoms with Crippen molar-refractivity contribution >= 4 is 22.9 Å². The van der Waals surface area contributed by atoms with E-state index >= 15 is 0 Å². The van der Waals surface area contributed by atoms with Gasteiger partial charge in [-0.25, -0.2) is 9.37 Å². The smallest absolute Gasteiger partial charge is 0.244 e. The zero-order chi connectivity index (χ0) is 20.8. The highest BCUT2D eigenvalue weighted by Crippen LogP contribution is 2.34. The summed E-state index contributed by atoms with van der Waals surface area (Å²) in [5.41, 5.74) is 1.61. The van der Waals surface area contributed by atoms with Gasteiger partial charge >= 0.3 is 0 Å². The fourth-order valence-electron chi connectivity index (χ4n) is 4.01. The molecular formula is C23H32FN3OS. The van der Waals surface area contributed by atoms with E-state index in [0.717, 1.165) is 12.1 Å². The molecule has 1 aliphatic carbocycles. The van der Waals surface area contributed by atoms with Crippen molar-refractivity contribution in [2.24, 2.45) is 5.92 Å². The molecule has 158 valence electrons. The molecule has 1 amide bonds. The third-order valence-corrected chi connectivity index (χ3v) is 6.66.